The van der Waals surface area contributed by atoms with Gasteiger partial charge in [-0.25, -0.2) is 4.39 Å². The molecule has 0 aliphatic rings. The lowest BCUT2D eigenvalue weighted by Gasteiger charge is -2.18. The Labute approximate surface area is 89.2 Å². The second-order valence-electron chi connectivity index (χ2n) is 3.18. The SMILES string of the molecule is CNCC(COC)Oc1ccccc1F. The van der Waals surface area contributed by atoms with Crippen LogP contribution < -0.4 is 10.1 Å². The van der Waals surface area contributed by atoms with Gasteiger partial charge in [0.2, 0.25) is 0 Å². The van der Waals surface area contributed by atoms with Crippen molar-refractivity contribution >= 4 is 0 Å². The first-order chi connectivity index (χ1) is 7.27. The number of halogens is 1. The number of benzene rings is 1. The minimum Gasteiger partial charge on any atom is -0.484 e. The molecule has 0 aliphatic heterocycles. The molecule has 0 saturated heterocycles. The van der Waals surface area contributed by atoms with Crippen LogP contribution in [-0.2, 0) is 4.74 Å². The highest BCUT2D eigenvalue weighted by molar-refractivity contribution is 5.23. The minimum absolute atomic E-state index is 0.183. The second kappa shape index (κ2) is 6.37. The summed E-state index contributed by atoms with van der Waals surface area (Å²) in [6, 6.07) is 6.35. The van der Waals surface area contributed by atoms with Crippen LogP contribution in [0.15, 0.2) is 24.3 Å². The zero-order valence-electron chi connectivity index (χ0n) is 9.00. The van der Waals surface area contributed by atoms with E-state index >= 15 is 0 Å². The number of ether oxygens (including phenoxy) is 2. The van der Waals surface area contributed by atoms with Gasteiger partial charge >= 0.3 is 0 Å². The Kier molecular flexibility index (Phi) is 5.07. The number of nitrogens with one attached hydrogen (secondary N) is 1. The average Bonchev–Trinajstić information content (AvgIpc) is 2.22. The lowest BCUT2D eigenvalue weighted by atomic mass is 10.3. The molecule has 1 unspecified atom stereocenters. The van der Waals surface area contributed by atoms with Gasteiger partial charge in [-0.3, -0.25) is 0 Å². The van der Waals surface area contributed by atoms with Gasteiger partial charge in [0, 0.05) is 13.7 Å². The van der Waals surface area contributed by atoms with Crippen molar-refractivity contribution in [2.75, 3.05) is 27.3 Å². The molecule has 0 heterocycles. The van der Waals surface area contributed by atoms with Crippen molar-refractivity contribution in [3.8, 4) is 5.75 Å². The molecule has 1 aromatic rings. The van der Waals surface area contributed by atoms with Gasteiger partial charge in [-0.05, 0) is 19.2 Å². The van der Waals surface area contributed by atoms with E-state index in [2.05, 4.69) is 5.32 Å². The van der Waals surface area contributed by atoms with Gasteiger partial charge in [-0.15, -0.1) is 0 Å². The maximum Gasteiger partial charge on any atom is 0.165 e. The zero-order chi connectivity index (χ0) is 11.1. The van der Waals surface area contributed by atoms with Crippen LogP contribution in [0.3, 0.4) is 0 Å². The molecule has 0 spiro atoms. The number of likely N-dealkylation sites (N-methyl/N-ethyl adjacent to an activating group) is 1. The fourth-order valence-electron chi connectivity index (χ4n) is 1.27. The van der Waals surface area contributed by atoms with Crippen molar-refractivity contribution in [3.05, 3.63) is 30.1 Å². The first-order valence-electron chi connectivity index (χ1n) is 4.82. The van der Waals surface area contributed by atoms with Crippen LogP contribution in [0.2, 0.25) is 0 Å². The molecule has 1 rings (SSSR count). The molecule has 4 heteroatoms. The zero-order valence-corrected chi connectivity index (χ0v) is 9.00. The normalized spacial score (nSPS) is 12.5. The number of hydrogen-bond donors (Lipinski definition) is 1. The van der Waals surface area contributed by atoms with Crippen molar-refractivity contribution < 1.29 is 13.9 Å². The summed E-state index contributed by atoms with van der Waals surface area (Å²) in [7, 11) is 3.40. The molecule has 0 fully saturated rings. The summed E-state index contributed by atoms with van der Waals surface area (Å²) in [4.78, 5) is 0. The molecule has 1 N–H and O–H groups in total. The van der Waals surface area contributed by atoms with Crippen LogP contribution in [0.25, 0.3) is 0 Å². The molecule has 0 aliphatic carbocycles. The van der Waals surface area contributed by atoms with Crippen molar-refractivity contribution in [3.63, 3.8) is 0 Å². The highest BCUT2D eigenvalue weighted by Crippen LogP contribution is 2.16. The summed E-state index contributed by atoms with van der Waals surface area (Å²) in [5, 5.41) is 2.96. The molecule has 15 heavy (non-hydrogen) atoms. The van der Waals surface area contributed by atoms with Crippen molar-refractivity contribution in [2.45, 2.75) is 6.10 Å². The Morgan fingerprint density at radius 3 is 2.73 bits per heavy atom. The lowest BCUT2D eigenvalue weighted by Crippen LogP contribution is -2.33. The van der Waals surface area contributed by atoms with Crippen LogP contribution in [0.4, 0.5) is 4.39 Å². The third-order valence-electron chi connectivity index (χ3n) is 1.91. The van der Waals surface area contributed by atoms with Crippen LogP contribution in [0.1, 0.15) is 0 Å². The highest BCUT2D eigenvalue weighted by atomic mass is 19.1. The van der Waals surface area contributed by atoms with E-state index in [1.165, 1.54) is 6.07 Å². The predicted molar refractivity (Wildman–Crippen MR) is 56.6 cm³/mol. The van der Waals surface area contributed by atoms with Crippen molar-refractivity contribution in [1.82, 2.24) is 5.32 Å². The van der Waals surface area contributed by atoms with Crippen LogP contribution in [0, 0.1) is 5.82 Å². The highest BCUT2D eigenvalue weighted by Gasteiger charge is 2.11. The van der Waals surface area contributed by atoms with E-state index in [9.17, 15) is 4.39 Å². The summed E-state index contributed by atoms with van der Waals surface area (Å²) in [5.41, 5.74) is 0. The van der Waals surface area contributed by atoms with Crippen molar-refractivity contribution in [2.24, 2.45) is 0 Å². The van der Waals surface area contributed by atoms with Gasteiger partial charge < -0.3 is 14.8 Å². The summed E-state index contributed by atoms with van der Waals surface area (Å²) >= 11 is 0. The molecular formula is C11H16FNO2. The second-order valence-corrected chi connectivity index (χ2v) is 3.18. The first kappa shape index (κ1) is 11.9. The Morgan fingerprint density at radius 1 is 1.40 bits per heavy atom. The number of methoxy groups -OCH3 is 1. The van der Waals surface area contributed by atoms with Gasteiger partial charge in [0.15, 0.2) is 11.6 Å². The molecule has 0 bridgehead atoms. The van der Waals surface area contributed by atoms with E-state index in [0.29, 0.717) is 13.2 Å². The van der Waals surface area contributed by atoms with Crippen LogP contribution >= 0.6 is 0 Å². The van der Waals surface area contributed by atoms with Gasteiger partial charge in [-0.2, -0.15) is 0 Å². The maximum atomic E-state index is 13.2. The Hall–Kier alpha value is -1.13. The largest absolute Gasteiger partial charge is 0.484 e. The minimum atomic E-state index is -0.352. The monoisotopic (exact) mass is 213 g/mol. The molecule has 0 aromatic heterocycles. The number of rotatable bonds is 6. The van der Waals surface area contributed by atoms with E-state index in [1.54, 1.807) is 25.3 Å². The van der Waals surface area contributed by atoms with Crippen LogP contribution in [-0.4, -0.2) is 33.4 Å². The quantitative estimate of drug-likeness (QED) is 0.775. The molecule has 0 amide bonds. The Bertz CT molecular complexity index is 288. The van der Waals surface area contributed by atoms with Gasteiger partial charge in [0.1, 0.15) is 6.10 Å². The molecule has 1 atom stereocenters. The first-order valence-corrected chi connectivity index (χ1v) is 4.82. The molecular weight excluding hydrogens is 197 g/mol. The topological polar surface area (TPSA) is 30.5 Å². The molecule has 84 valence electrons. The van der Waals surface area contributed by atoms with E-state index in [1.807, 2.05) is 7.05 Å². The fraction of sp³-hybridized carbons (Fsp3) is 0.455. The summed E-state index contributed by atoms with van der Waals surface area (Å²) in [6.45, 7) is 1.04. The fourth-order valence-corrected chi connectivity index (χ4v) is 1.27. The third kappa shape index (κ3) is 3.85. The van der Waals surface area contributed by atoms with Gasteiger partial charge in [0.05, 0.1) is 6.61 Å². The Balaban J connectivity index is 2.60. The molecule has 0 saturated carbocycles. The van der Waals surface area contributed by atoms with E-state index in [0.717, 1.165) is 0 Å². The van der Waals surface area contributed by atoms with Crippen LogP contribution in [0.5, 0.6) is 5.75 Å². The van der Waals surface area contributed by atoms with Crippen molar-refractivity contribution in [1.29, 1.82) is 0 Å². The van der Waals surface area contributed by atoms with Gasteiger partial charge in [-0.1, -0.05) is 12.1 Å². The lowest BCUT2D eigenvalue weighted by molar-refractivity contribution is 0.0791. The molecule has 0 radical (unpaired) electrons. The number of para-hydroxylation sites is 1. The van der Waals surface area contributed by atoms with Gasteiger partial charge in [0.25, 0.3) is 0 Å². The predicted octanol–water partition coefficient (Wildman–Crippen LogP) is 1.44. The average molecular weight is 213 g/mol. The smallest absolute Gasteiger partial charge is 0.165 e. The maximum absolute atomic E-state index is 13.2. The van der Waals surface area contributed by atoms with E-state index < -0.39 is 0 Å². The molecule has 3 nitrogen and oxygen atoms in total. The van der Waals surface area contributed by atoms with E-state index in [4.69, 9.17) is 9.47 Å². The summed E-state index contributed by atoms with van der Waals surface area (Å²) in [5.74, 6) is -0.0930. The Morgan fingerprint density at radius 2 is 2.13 bits per heavy atom. The third-order valence-corrected chi connectivity index (χ3v) is 1.91. The number of hydrogen-bond acceptors (Lipinski definition) is 3. The summed E-state index contributed by atoms with van der Waals surface area (Å²) in [6.07, 6.45) is -0.183. The molecule has 1 aromatic carbocycles. The van der Waals surface area contributed by atoms with E-state index in [-0.39, 0.29) is 17.7 Å². The summed E-state index contributed by atoms with van der Waals surface area (Å²) < 4.78 is 23.7. The standard InChI is InChI=1S/C11H16FNO2/c1-13-7-9(8-14-2)15-11-6-4-3-5-10(11)12/h3-6,9,13H,7-8H2,1-2H3.